The van der Waals surface area contributed by atoms with E-state index in [2.05, 4.69) is 36.2 Å². The first kappa shape index (κ1) is 19.3. The van der Waals surface area contributed by atoms with Gasteiger partial charge in [0.15, 0.2) is 5.78 Å². The molecule has 4 rings (SSSR count). The maximum absolute atomic E-state index is 12.1. The maximum atomic E-state index is 12.1. The van der Waals surface area contributed by atoms with Crippen LogP contribution in [0.25, 0.3) is 11.0 Å². The van der Waals surface area contributed by atoms with E-state index in [0.717, 1.165) is 21.3 Å². The summed E-state index contributed by atoms with van der Waals surface area (Å²) in [5.74, 6) is 0.269. The summed E-state index contributed by atoms with van der Waals surface area (Å²) in [5, 5.41) is 2.56. The van der Waals surface area contributed by atoms with Gasteiger partial charge in [0.2, 0.25) is 5.95 Å². The zero-order chi connectivity index (χ0) is 20.4. The van der Waals surface area contributed by atoms with Gasteiger partial charge in [-0.25, -0.2) is 9.78 Å². The zero-order valence-electron chi connectivity index (χ0n) is 15.5. The number of aromatic amines is 1. The molecule has 3 aromatic rings. The van der Waals surface area contributed by atoms with Crippen LogP contribution in [0.5, 0.6) is 0 Å². The summed E-state index contributed by atoms with van der Waals surface area (Å²) in [6.45, 7) is 0.577. The number of rotatable bonds is 5. The molecule has 0 radical (unpaired) electrons. The highest BCUT2D eigenvalue weighted by atomic mass is 79.9. The van der Waals surface area contributed by atoms with Crippen molar-refractivity contribution < 1.29 is 19.1 Å². The van der Waals surface area contributed by atoms with Crippen LogP contribution in [0.3, 0.4) is 0 Å². The standard InChI is InChI=1S/C20H17BrN4O4/c1-28-6-7-29-20(27)25-19-23-15-9-11(8-14(21)18(15)24-19)17-13-5-3-2-4-12(13)16(26)10-22-17/h2-5,8-9H,6-7,10H2,1H3,(H2,23,24,25,27). The molecule has 148 valence electrons. The van der Waals surface area contributed by atoms with E-state index in [-0.39, 0.29) is 24.9 Å². The Kier molecular flexibility index (Phi) is 5.41. The number of hydrogen-bond acceptors (Lipinski definition) is 6. The lowest BCUT2D eigenvalue weighted by Crippen LogP contribution is -2.19. The highest BCUT2D eigenvalue weighted by Gasteiger charge is 2.22. The lowest BCUT2D eigenvalue weighted by molar-refractivity contribution is 0.1000. The van der Waals surface area contributed by atoms with Gasteiger partial charge in [-0.3, -0.25) is 15.1 Å². The van der Waals surface area contributed by atoms with Gasteiger partial charge < -0.3 is 14.5 Å². The van der Waals surface area contributed by atoms with E-state index in [0.29, 0.717) is 23.2 Å². The molecule has 0 saturated heterocycles. The third-order valence-corrected chi connectivity index (χ3v) is 5.02. The lowest BCUT2D eigenvalue weighted by atomic mass is 9.92. The largest absolute Gasteiger partial charge is 0.447 e. The van der Waals surface area contributed by atoms with E-state index in [1.165, 1.54) is 7.11 Å². The molecule has 1 aliphatic heterocycles. The second kappa shape index (κ2) is 8.14. The zero-order valence-corrected chi connectivity index (χ0v) is 17.1. The summed E-state index contributed by atoms with van der Waals surface area (Å²) < 4.78 is 10.6. The Morgan fingerprint density at radius 3 is 2.83 bits per heavy atom. The Labute approximate surface area is 174 Å². The molecule has 2 aromatic carbocycles. The van der Waals surface area contributed by atoms with Crippen LogP contribution in [0.15, 0.2) is 45.9 Å². The molecule has 1 amide bonds. The van der Waals surface area contributed by atoms with Crippen LogP contribution in [0.4, 0.5) is 10.7 Å². The number of benzene rings is 2. The SMILES string of the molecule is COCCOC(=O)Nc1nc2c(Br)cc(C3=NCC(=O)c4ccccc43)cc2[nH]1. The van der Waals surface area contributed by atoms with Gasteiger partial charge in [0.1, 0.15) is 18.7 Å². The van der Waals surface area contributed by atoms with Crippen molar-refractivity contribution in [3.8, 4) is 0 Å². The van der Waals surface area contributed by atoms with Crippen molar-refractivity contribution in [3.63, 3.8) is 0 Å². The molecule has 0 spiro atoms. The predicted molar refractivity (Wildman–Crippen MR) is 112 cm³/mol. The summed E-state index contributed by atoms with van der Waals surface area (Å²) in [6, 6.07) is 11.2. The van der Waals surface area contributed by atoms with Gasteiger partial charge in [0, 0.05) is 28.3 Å². The van der Waals surface area contributed by atoms with Crippen LogP contribution in [0, 0.1) is 0 Å². The molecule has 0 atom stereocenters. The Morgan fingerprint density at radius 1 is 1.24 bits per heavy atom. The summed E-state index contributed by atoms with van der Waals surface area (Å²) >= 11 is 3.53. The number of ketones is 1. The van der Waals surface area contributed by atoms with Gasteiger partial charge in [-0.05, 0) is 28.1 Å². The molecule has 29 heavy (non-hydrogen) atoms. The molecular formula is C20H17BrN4O4. The van der Waals surface area contributed by atoms with E-state index < -0.39 is 6.09 Å². The average molecular weight is 457 g/mol. The number of fused-ring (bicyclic) bond motifs is 2. The smallest absolute Gasteiger partial charge is 0.414 e. The van der Waals surface area contributed by atoms with Crippen molar-refractivity contribution in [2.75, 3.05) is 32.2 Å². The Hall–Kier alpha value is -3.04. The number of anilines is 1. The van der Waals surface area contributed by atoms with Crippen molar-refractivity contribution in [1.29, 1.82) is 0 Å². The molecule has 2 heterocycles. The normalized spacial score (nSPS) is 13.2. The number of aromatic nitrogens is 2. The Morgan fingerprint density at radius 2 is 2.03 bits per heavy atom. The van der Waals surface area contributed by atoms with Crippen LogP contribution in [-0.2, 0) is 9.47 Å². The predicted octanol–water partition coefficient (Wildman–Crippen LogP) is 3.55. The fourth-order valence-corrected chi connectivity index (χ4v) is 3.67. The van der Waals surface area contributed by atoms with Gasteiger partial charge >= 0.3 is 6.09 Å². The topological polar surface area (TPSA) is 106 Å². The van der Waals surface area contributed by atoms with Gasteiger partial charge in [0.25, 0.3) is 0 Å². The molecule has 9 heteroatoms. The quantitative estimate of drug-likeness (QED) is 0.570. The fourth-order valence-electron chi connectivity index (χ4n) is 3.12. The molecule has 2 N–H and O–H groups in total. The van der Waals surface area contributed by atoms with E-state index in [1.807, 2.05) is 36.4 Å². The van der Waals surface area contributed by atoms with Gasteiger partial charge in [-0.1, -0.05) is 24.3 Å². The number of imidazole rings is 1. The molecule has 0 aliphatic carbocycles. The Bertz CT molecular complexity index is 1140. The lowest BCUT2D eigenvalue weighted by Gasteiger charge is -2.16. The molecule has 0 fully saturated rings. The van der Waals surface area contributed by atoms with E-state index in [4.69, 9.17) is 9.47 Å². The number of hydrogen-bond donors (Lipinski definition) is 2. The van der Waals surface area contributed by atoms with E-state index >= 15 is 0 Å². The van der Waals surface area contributed by atoms with Crippen LogP contribution < -0.4 is 5.32 Å². The molecule has 1 aliphatic rings. The minimum atomic E-state index is -0.624. The highest BCUT2D eigenvalue weighted by Crippen LogP contribution is 2.29. The number of amides is 1. The minimum Gasteiger partial charge on any atom is -0.447 e. The van der Waals surface area contributed by atoms with Crippen LogP contribution in [0.1, 0.15) is 21.5 Å². The molecule has 1 aromatic heterocycles. The second-order valence-electron chi connectivity index (χ2n) is 6.33. The Balaban J connectivity index is 1.65. The number of nitrogens with one attached hydrogen (secondary N) is 2. The van der Waals surface area contributed by atoms with Crippen LogP contribution >= 0.6 is 15.9 Å². The monoisotopic (exact) mass is 456 g/mol. The second-order valence-corrected chi connectivity index (χ2v) is 7.18. The summed E-state index contributed by atoms with van der Waals surface area (Å²) in [6.07, 6.45) is -0.624. The van der Waals surface area contributed by atoms with Gasteiger partial charge in [0.05, 0.1) is 17.8 Å². The van der Waals surface area contributed by atoms with Crippen LogP contribution in [-0.4, -0.2) is 54.4 Å². The van der Waals surface area contributed by atoms with Crippen molar-refractivity contribution in [2.45, 2.75) is 0 Å². The van der Waals surface area contributed by atoms with Crippen molar-refractivity contribution in [1.82, 2.24) is 9.97 Å². The average Bonchev–Trinajstić information content (AvgIpc) is 3.11. The van der Waals surface area contributed by atoms with Gasteiger partial charge in [-0.15, -0.1) is 0 Å². The molecule has 0 unspecified atom stereocenters. The number of carbonyl (C=O) groups excluding carboxylic acids is 2. The van der Waals surface area contributed by atoms with Crippen LogP contribution in [0.2, 0.25) is 0 Å². The van der Waals surface area contributed by atoms with Crippen molar-refractivity contribution in [3.05, 3.63) is 57.6 Å². The third kappa shape index (κ3) is 3.92. The number of halogens is 1. The number of aliphatic imine (C=N–C) groups is 1. The number of methoxy groups -OCH3 is 1. The number of carbonyl (C=O) groups is 2. The first-order valence-corrected chi connectivity index (χ1v) is 9.65. The maximum Gasteiger partial charge on any atom is 0.414 e. The molecule has 8 nitrogen and oxygen atoms in total. The number of H-pyrrole nitrogens is 1. The van der Waals surface area contributed by atoms with Crippen molar-refractivity contribution in [2.24, 2.45) is 4.99 Å². The minimum absolute atomic E-state index is 0.00417. The molecular weight excluding hydrogens is 440 g/mol. The number of Topliss-reactive ketones (excluding diaryl/α,β-unsaturated/α-hetero) is 1. The molecule has 0 bridgehead atoms. The summed E-state index contributed by atoms with van der Waals surface area (Å²) in [4.78, 5) is 35.9. The highest BCUT2D eigenvalue weighted by molar-refractivity contribution is 9.10. The summed E-state index contributed by atoms with van der Waals surface area (Å²) in [5.41, 5.74) is 4.41. The number of ether oxygens (including phenoxy) is 2. The van der Waals surface area contributed by atoms with Gasteiger partial charge in [-0.2, -0.15) is 0 Å². The summed E-state index contributed by atoms with van der Waals surface area (Å²) in [7, 11) is 1.53. The first-order valence-electron chi connectivity index (χ1n) is 8.86. The fraction of sp³-hybridized carbons (Fsp3) is 0.200. The van der Waals surface area contributed by atoms with E-state index in [9.17, 15) is 9.59 Å². The van der Waals surface area contributed by atoms with Crippen molar-refractivity contribution >= 4 is 50.5 Å². The third-order valence-electron chi connectivity index (χ3n) is 4.42. The number of nitrogens with zero attached hydrogens (tertiary/aromatic N) is 2. The molecule has 0 saturated carbocycles. The van der Waals surface area contributed by atoms with E-state index in [1.54, 1.807) is 0 Å². The first-order chi connectivity index (χ1) is 14.1.